The Morgan fingerprint density at radius 2 is 2.07 bits per heavy atom. The number of aliphatic imine (C=N–C) groups is 1. The number of rotatable bonds is 4. The molecule has 2 unspecified atom stereocenters. The van der Waals surface area contributed by atoms with Crippen molar-refractivity contribution in [3.8, 4) is 0 Å². The molecule has 1 aliphatic heterocycles. The van der Waals surface area contributed by atoms with Gasteiger partial charge in [-0.1, -0.05) is 6.08 Å². The van der Waals surface area contributed by atoms with Crippen LogP contribution in [0.2, 0.25) is 0 Å². The Bertz CT molecular complexity index is 1010. The number of carbonyl (C=O) groups is 1. The van der Waals surface area contributed by atoms with E-state index in [1.54, 1.807) is 11.3 Å². The highest BCUT2D eigenvalue weighted by Crippen LogP contribution is 2.45. The van der Waals surface area contributed by atoms with Crippen molar-refractivity contribution in [3.63, 3.8) is 0 Å². The predicted octanol–water partition coefficient (Wildman–Crippen LogP) is 5.50. The lowest BCUT2D eigenvalue weighted by molar-refractivity contribution is -0.160. The van der Waals surface area contributed by atoms with Gasteiger partial charge in [0.25, 0.3) is 0 Å². The molecule has 1 aliphatic carbocycles. The zero-order valence-electron chi connectivity index (χ0n) is 17.5. The van der Waals surface area contributed by atoms with Crippen LogP contribution in [0.25, 0.3) is 10.2 Å². The van der Waals surface area contributed by atoms with Gasteiger partial charge in [-0.2, -0.15) is 0 Å². The molecule has 2 atom stereocenters. The first-order valence-electron chi connectivity index (χ1n) is 10.3. The number of hydrogen-bond acceptors (Lipinski definition) is 5. The molecule has 0 spiro atoms. The molecule has 1 N–H and O–H groups in total. The number of hydrogen-bond donors (Lipinski definition) is 1. The smallest absolute Gasteiger partial charge is 0.337 e. The highest BCUT2D eigenvalue weighted by Gasteiger charge is 2.35. The highest BCUT2D eigenvalue weighted by atomic mass is 32.1. The van der Waals surface area contributed by atoms with Gasteiger partial charge in [0.05, 0.1) is 5.60 Å². The third-order valence-electron chi connectivity index (χ3n) is 5.57. The highest BCUT2D eigenvalue weighted by molar-refractivity contribution is 7.18. The maximum atomic E-state index is 12.3. The summed E-state index contributed by atoms with van der Waals surface area (Å²) in [6.07, 6.45) is 10.0. The van der Waals surface area contributed by atoms with Crippen molar-refractivity contribution >= 4 is 33.7 Å². The number of pyridine rings is 1. The first-order chi connectivity index (χ1) is 13.8. The fourth-order valence-electron chi connectivity index (χ4n) is 4.43. The van der Waals surface area contributed by atoms with E-state index in [4.69, 9.17) is 9.72 Å². The molecule has 0 saturated carbocycles. The van der Waals surface area contributed by atoms with E-state index in [0.717, 1.165) is 40.9 Å². The number of thiophene rings is 1. The molecule has 0 fully saturated rings. The fraction of sp³-hybridized carbons (Fsp3) is 0.522. The summed E-state index contributed by atoms with van der Waals surface area (Å²) in [7, 11) is 0. The molecular weight excluding hydrogens is 384 g/mol. The number of allylic oxidation sites excluding steroid dienone is 1. The number of ether oxygens (including phenoxy) is 1. The summed E-state index contributed by atoms with van der Waals surface area (Å²) in [6.45, 7) is 7.59. The van der Waals surface area contributed by atoms with Gasteiger partial charge in [0.15, 0.2) is 6.10 Å². The van der Waals surface area contributed by atoms with Crippen molar-refractivity contribution in [3.05, 3.63) is 39.5 Å². The molecule has 0 aromatic carbocycles. The van der Waals surface area contributed by atoms with E-state index >= 15 is 0 Å². The van der Waals surface area contributed by atoms with Crippen LogP contribution in [0.4, 0.5) is 0 Å². The minimum atomic E-state index is -1.05. The third kappa shape index (κ3) is 3.88. The second-order valence-electron chi connectivity index (χ2n) is 8.88. The topological polar surface area (TPSA) is 71.8 Å². The lowest BCUT2D eigenvalue weighted by Gasteiger charge is -2.29. The summed E-state index contributed by atoms with van der Waals surface area (Å²) in [6, 6.07) is 0. The Hall–Kier alpha value is -2.05. The first-order valence-corrected chi connectivity index (χ1v) is 11.1. The van der Waals surface area contributed by atoms with Crippen LogP contribution in [0.5, 0.6) is 0 Å². The van der Waals surface area contributed by atoms with E-state index in [-0.39, 0.29) is 5.92 Å². The molecule has 5 nitrogen and oxygen atoms in total. The molecular formula is C23H28N2O3S. The van der Waals surface area contributed by atoms with Crippen LogP contribution in [-0.2, 0) is 22.4 Å². The van der Waals surface area contributed by atoms with Crippen molar-refractivity contribution in [1.29, 1.82) is 0 Å². The monoisotopic (exact) mass is 412 g/mol. The Balaban J connectivity index is 2.02. The summed E-state index contributed by atoms with van der Waals surface area (Å²) in [5.41, 5.74) is 3.33. The number of aryl methyl sites for hydroxylation is 3. The van der Waals surface area contributed by atoms with Crippen LogP contribution in [0, 0.1) is 6.92 Å². The van der Waals surface area contributed by atoms with Crippen molar-refractivity contribution in [1.82, 2.24) is 4.98 Å². The summed E-state index contributed by atoms with van der Waals surface area (Å²) in [5, 5.41) is 11.3. The molecule has 0 radical (unpaired) electrons. The predicted molar refractivity (Wildman–Crippen MR) is 117 cm³/mol. The lowest BCUT2D eigenvalue weighted by atomic mass is 9.83. The summed E-state index contributed by atoms with van der Waals surface area (Å²) in [5.74, 6) is -0.888. The minimum Gasteiger partial charge on any atom is -0.479 e. The zero-order valence-corrected chi connectivity index (χ0v) is 18.3. The molecule has 0 bridgehead atoms. The average Bonchev–Trinajstić information content (AvgIpc) is 3.03. The Labute approximate surface area is 175 Å². The Kier molecular flexibility index (Phi) is 5.34. The van der Waals surface area contributed by atoms with E-state index in [2.05, 4.69) is 11.1 Å². The van der Waals surface area contributed by atoms with Crippen LogP contribution in [0.15, 0.2) is 17.3 Å². The zero-order chi connectivity index (χ0) is 20.8. The maximum Gasteiger partial charge on any atom is 0.337 e. The quantitative estimate of drug-likeness (QED) is 0.720. The largest absolute Gasteiger partial charge is 0.479 e. The van der Waals surface area contributed by atoms with Gasteiger partial charge in [0.1, 0.15) is 4.83 Å². The van der Waals surface area contributed by atoms with Crippen LogP contribution in [-0.4, -0.2) is 27.9 Å². The van der Waals surface area contributed by atoms with Crippen molar-refractivity contribution in [2.75, 3.05) is 0 Å². The standard InChI is InChI=1S/C23H28N2O3S/c1-13-17(20(22(26)27)28-23(2,3)4)18(14-9-11-24-12-10-14)19-15-7-5-6-8-16(15)29-21(19)25-13/h9,11-12,14,20H,5-8,10H2,1-4H3,(H,26,27). The number of carboxylic acids is 1. The first kappa shape index (κ1) is 20.2. The van der Waals surface area contributed by atoms with Crippen molar-refractivity contribution in [2.45, 2.75) is 77.4 Å². The van der Waals surface area contributed by atoms with Crippen molar-refractivity contribution < 1.29 is 14.6 Å². The molecule has 154 valence electrons. The van der Waals surface area contributed by atoms with E-state index < -0.39 is 17.7 Å². The van der Waals surface area contributed by atoms with Gasteiger partial charge in [-0.15, -0.1) is 11.3 Å². The molecule has 6 heteroatoms. The number of carboxylic acid groups (broad SMARTS) is 1. The molecule has 0 amide bonds. The van der Waals surface area contributed by atoms with Gasteiger partial charge in [-0.05, 0) is 70.9 Å². The molecule has 4 rings (SSSR count). The molecule has 2 aromatic rings. The Morgan fingerprint density at radius 1 is 1.31 bits per heavy atom. The lowest BCUT2D eigenvalue weighted by Crippen LogP contribution is -2.29. The molecule has 3 heterocycles. The normalized spacial score (nSPS) is 20.1. The van der Waals surface area contributed by atoms with Gasteiger partial charge in [-0.3, -0.25) is 4.99 Å². The van der Waals surface area contributed by atoms with Gasteiger partial charge < -0.3 is 9.84 Å². The summed E-state index contributed by atoms with van der Waals surface area (Å²) >= 11 is 1.78. The van der Waals surface area contributed by atoms with E-state index in [1.807, 2.05) is 40.1 Å². The number of aromatic nitrogens is 1. The van der Waals surface area contributed by atoms with Crippen molar-refractivity contribution in [2.24, 2.45) is 4.99 Å². The van der Waals surface area contributed by atoms with Crippen LogP contribution < -0.4 is 0 Å². The maximum absolute atomic E-state index is 12.3. The molecule has 29 heavy (non-hydrogen) atoms. The van der Waals surface area contributed by atoms with Gasteiger partial charge in [0, 0.05) is 39.9 Å². The van der Waals surface area contributed by atoms with Crippen LogP contribution in [0.3, 0.4) is 0 Å². The molecule has 2 aliphatic rings. The second-order valence-corrected chi connectivity index (χ2v) is 9.96. The number of nitrogens with zero attached hydrogens (tertiary/aromatic N) is 2. The number of aliphatic carboxylic acids is 1. The third-order valence-corrected chi connectivity index (χ3v) is 6.75. The minimum absolute atomic E-state index is 0.0812. The van der Waals surface area contributed by atoms with E-state index in [0.29, 0.717) is 0 Å². The summed E-state index contributed by atoms with van der Waals surface area (Å²) < 4.78 is 6.07. The fourth-order valence-corrected chi connectivity index (χ4v) is 5.76. The Morgan fingerprint density at radius 3 is 2.72 bits per heavy atom. The second kappa shape index (κ2) is 7.65. The molecule has 0 saturated heterocycles. The van der Waals surface area contributed by atoms with E-state index in [9.17, 15) is 9.90 Å². The van der Waals surface area contributed by atoms with Crippen LogP contribution in [0.1, 0.15) is 79.3 Å². The molecule has 2 aromatic heterocycles. The van der Waals surface area contributed by atoms with Gasteiger partial charge >= 0.3 is 5.97 Å². The summed E-state index contributed by atoms with van der Waals surface area (Å²) in [4.78, 5) is 23.9. The van der Waals surface area contributed by atoms with Gasteiger partial charge in [0.2, 0.25) is 0 Å². The SMILES string of the molecule is Cc1nc2sc3c(c2c(C2C=CN=CC2)c1C(OC(C)(C)C)C(=O)O)CCCC3. The van der Waals surface area contributed by atoms with Gasteiger partial charge in [-0.25, -0.2) is 9.78 Å². The van der Waals surface area contributed by atoms with Crippen LogP contribution >= 0.6 is 11.3 Å². The average molecular weight is 413 g/mol. The number of fused-ring (bicyclic) bond motifs is 3. The van der Waals surface area contributed by atoms with E-state index in [1.165, 1.54) is 28.7 Å².